The van der Waals surface area contributed by atoms with Gasteiger partial charge in [0.1, 0.15) is 6.26 Å². The molecule has 0 amide bonds. The average Bonchev–Trinajstić information content (AvgIpc) is 2.51. The first kappa shape index (κ1) is 9.27. The van der Waals surface area contributed by atoms with Crippen LogP contribution in [0, 0.1) is 0 Å². The van der Waals surface area contributed by atoms with E-state index in [9.17, 15) is 0 Å². The molecule has 0 atom stereocenters. The largest absolute Gasteiger partial charge is 0.432 e. The van der Waals surface area contributed by atoms with E-state index in [0.29, 0.717) is 0 Å². The van der Waals surface area contributed by atoms with E-state index in [1.54, 1.807) is 6.26 Å². The summed E-state index contributed by atoms with van der Waals surface area (Å²) in [6.45, 7) is 0. The van der Waals surface area contributed by atoms with Crippen LogP contribution in [0.25, 0.3) is 0 Å². The molecule has 0 aliphatic rings. The van der Waals surface area contributed by atoms with Crippen molar-refractivity contribution in [2.45, 2.75) is 6.42 Å². The van der Waals surface area contributed by atoms with Gasteiger partial charge in [-0.3, -0.25) is 0 Å². The summed E-state index contributed by atoms with van der Waals surface area (Å²) in [5, 5.41) is 0. The maximum atomic E-state index is 5.38. The first-order chi connectivity index (χ1) is 6.74. The highest BCUT2D eigenvalue weighted by molar-refractivity contribution is 9.10. The maximum Gasteiger partial charge on any atom is 0.292 e. The number of oxazole rings is 1. The number of hydrogen-bond donors (Lipinski definition) is 1. The molecule has 2 aromatic rings. The molecular weight excluding hydrogens is 244 g/mol. The summed E-state index contributed by atoms with van der Waals surface area (Å²) in [6, 6.07) is 8.28. The number of nitrogen functional groups attached to an aromatic ring is 1. The number of rotatable bonds is 2. The molecule has 0 bridgehead atoms. The second-order valence-electron chi connectivity index (χ2n) is 2.98. The molecule has 0 fully saturated rings. The Kier molecular flexibility index (Phi) is 2.54. The molecule has 4 heteroatoms. The molecule has 0 spiro atoms. The van der Waals surface area contributed by atoms with Crippen molar-refractivity contribution in [2.24, 2.45) is 0 Å². The fourth-order valence-electron chi connectivity index (χ4n) is 1.26. The summed E-state index contributed by atoms with van der Waals surface area (Å²) in [7, 11) is 0. The predicted octanol–water partition coefficient (Wildman–Crippen LogP) is 2.61. The molecule has 0 radical (unpaired) electrons. The van der Waals surface area contributed by atoms with Gasteiger partial charge < -0.3 is 10.2 Å². The van der Waals surface area contributed by atoms with Gasteiger partial charge in [0.2, 0.25) is 0 Å². The van der Waals surface area contributed by atoms with E-state index < -0.39 is 0 Å². The first-order valence-electron chi connectivity index (χ1n) is 4.18. The SMILES string of the molecule is Nc1nc(Cc2cccc(Br)c2)co1. The van der Waals surface area contributed by atoms with Crippen LogP contribution in [0.5, 0.6) is 0 Å². The number of aromatic nitrogens is 1. The molecule has 14 heavy (non-hydrogen) atoms. The minimum atomic E-state index is 0.218. The van der Waals surface area contributed by atoms with Crippen molar-refractivity contribution in [3.05, 3.63) is 46.3 Å². The third kappa shape index (κ3) is 2.14. The molecule has 0 saturated heterocycles. The Hall–Kier alpha value is -1.29. The highest BCUT2D eigenvalue weighted by Gasteiger charge is 2.01. The standard InChI is InChI=1S/C10H9BrN2O/c11-8-3-1-2-7(4-8)5-9-6-14-10(12)13-9/h1-4,6H,5H2,(H2,12,13). The molecule has 0 aliphatic carbocycles. The molecule has 0 saturated carbocycles. The number of halogens is 1. The lowest BCUT2D eigenvalue weighted by Crippen LogP contribution is -1.89. The van der Waals surface area contributed by atoms with Crippen LogP contribution in [0.2, 0.25) is 0 Å². The van der Waals surface area contributed by atoms with Gasteiger partial charge in [-0.15, -0.1) is 0 Å². The highest BCUT2D eigenvalue weighted by Crippen LogP contribution is 2.15. The highest BCUT2D eigenvalue weighted by atomic mass is 79.9. The van der Waals surface area contributed by atoms with Gasteiger partial charge in [-0.2, -0.15) is 4.98 Å². The Balaban J connectivity index is 2.18. The number of hydrogen-bond acceptors (Lipinski definition) is 3. The molecule has 1 aromatic heterocycles. The predicted molar refractivity (Wildman–Crippen MR) is 57.9 cm³/mol. The van der Waals surface area contributed by atoms with Crippen LogP contribution in [0.15, 0.2) is 39.4 Å². The third-order valence-electron chi connectivity index (χ3n) is 1.84. The smallest absolute Gasteiger partial charge is 0.292 e. The van der Waals surface area contributed by atoms with Crippen molar-refractivity contribution in [1.29, 1.82) is 0 Å². The zero-order valence-electron chi connectivity index (χ0n) is 7.40. The van der Waals surface area contributed by atoms with Gasteiger partial charge in [0.15, 0.2) is 0 Å². The normalized spacial score (nSPS) is 10.4. The van der Waals surface area contributed by atoms with Crippen LogP contribution < -0.4 is 5.73 Å². The Morgan fingerprint density at radius 2 is 2.29 bits per heavy atom. The fourth-order valence-corrected chi connectivity index (χ4v) is 1.71. The van der Waals surface area contributed by atoms with E-state index in [1.165, 1.54) is 5.56 Å². The Morgan fingerprint density at radius 1 is 1.43 bits per heavy atom. The molecule has 72 valence electrons. The van der Waals surface area contributed by atoms with Crippen molar-refractivity contribution in [2.75, 3.05) is 5.73 Å². The molecule has 1 heterocycles. The molecular formula is C10H9BrN2O. The van der Waals surface area contributed by atoms with E-state index in [0.717, 1.165) is 16.6 Å². The second-order valence-corrected chi connectivity index (χ2v) is 3.90. The second kappa shape index (κ2) is 3.84. The van der Waals surface area contributed by atoms with E-state index in [4.69, 9.17) is 10.2 Å². The van der Waals surface area contributed by atoms with Gasteiger partial charge in [-0.25, -0.2) is 0 Å². The fraction of sp³-hybridized carbons (Fsp3) is 0.100. The molecule has 0 aliphatic heterocycles. The van der Waals surface area contributed by atoms with Crippen LogP contribution in [-0.4, -0.2) is 4.98 Å². The lowest BCUT2D eigenvalue weighted by molar-refractivity contribution is 0.579. The summed E-state index contributed by atoms with van der Waals surface area (Å²) in [4.78, 5) is 4.03. The maximum absolute atomic E-state index is 5.38. The summed E-state index contributed by atoms with van der Waals surface area (Å²) < 4.78 is 5.98. The van der Waals surface area contributed by atoms with Gasteiger partial charge in [-0.1, -0.05) is 28.1 Å². The van der Waals surface area contributed by atoms with Crippen LogP contribution in [-0.2, 0) is 6.42 Å². The van der Waals surface area contributed by atoms with Gasteiger partial charge in [0.05, 0.1) is 5.69 Å². The molecule has 3 nitrogen and oxygen atoms in total. The summed E-state index contributed by atoms with van der Waals surface area (Å²) in [6.07, 6.45) is 2.32. The van der Waals surface area contributed by atoms with Crippen molar-refractivity contribution < 1.29 is 4.42 Å². The Morgan fingerprint density at radius 3 is 2.93 bits per heavy atom. The summed E-state index contributed by atoms with van der Waals surface area (Å²) in [5.41, 5.74) is 7.40. The van der Waals surface area contributed by atoms with Crippen molar-refractivity contribution in [1.82, 2.24) is 4.98 Å². The number of anilines is 1. The number of nitrogens with zero attached hydrogens (tertiary/aromatic N) is 1. The number of nitrogens with two attached hydrogens (primary N) is 1. The lowest BCUT2D eigenvalue weighted by atomic mass is 10.1. The van der Waals surface area contributed by atoms with E-state index in [-0.39, 0.29) is 6.01 Å². The Bertz CT molecular complexity index is 439. The van der Waals surface area contributed by atoms with E-state index in [2.05, 4.69) is 20.9 Å². The van der Waals surface area contributed by atoms with E-state index in [1.807, 2.05) is 24.3 Å². The zero-order valence-corrected chi connectivity index (χ0v) is 8.99. The van der Waals surface area contributed by atoms with Gasteiger partial charge in [-0.05, 0) is 17.7 Å². The summed E-state index contributed by atoms with van der Waals surface area (Å²) in [5.74, 6) is 0. The molecule has 1 aromatic carbocycles. The molecule has 2 N–H and O–H groups in total. The molecule has 2 rings (SSSR count). The molecule has 0 unspecified atom stereocenters. The third-order valence-corrected chi connectivity index (χ3v) is 2.34. The van der Waals surface area contributed by atoms with Gasteiger partial charge >= 0.3 is 0 Å². The minimum Gasteiger partial charge on any atom is -0.432 e. The average molecular weight is 253 g/mol. The number of benzene rings is 1. The monoisotopic (exact) mass is 252 g/mol. The minimum absolute atomic E-state index is 0.218. The van der Waals surface area contributed by atoms with Gasteiger partial charge in [0.25, 0.3) is 6.01 Å². The van der Waals surface area contributed by atoms with Crippen LogP contribution in [0.1, 0.15) is 11.3 Å². The van der Waals surface area contributed by atoms with Crippen LogP contribution in [0.3, 0.4) is 0 Å². The van der Waals surface area contributed by atoms with E-state index >= 15 is 0 Å². The van der Waals surface area contributed by atoms with Crippen molar-refractivity contribution >= 4 is 21.9 Å². The van der Waals surface area contributed by atoms with Crippen LogP contribution >= 0.6 is 15.9 Å². The van der Waals surface area contributed by atoms with Crippen molar-refractivity contribution in [3.63, 3.8) is 0 Å². The zero-order chi connectivity index (χ0) is 9.97. The quantitative estimate of drug-likeness (QED) is 0.894. The summed E-state index contributed by atoms with van der Waals surface area (Å²) >= 11 is 3.41. The first-order valence-corrected chi connectivity index (χ1v) is 4.97. The lowest BCUT2D eigenvalue weighted by Gasteiger charge is -1.97. The topological polar surface area (TPSA) is 52.0 Å². The van der Waals surface area contributed by atoms with Gasteiger partial charge in [0, 0.05) is 10.9 Å². The Labute approximate surface area is 90.1 Å². The van der Waals surface area contributed by atoms with Crippen molar-refractivity contribution in [3.8, 4) is 0 Å². The van der Waals surface area contributed by atoms with Crippen LogP contribution in [0.4, 0.5) is 6.01 Å².